The summed E-state index contributed by atoms with van der Waals surface area (Å²) in [5, 5.41) is 0. The largest absolute Gasteiger partial charge is 0.376 e. The minimum atomic E-state index is 0.357. The van der Waals surface area contributed by atoms with Crippen LogP contribution in [0.2, 0.25) is 0 Å². The second-order valence-corrected chi connectivity index (χ2v) is 12.9. The number of hydrogen-bond donors (Lipinski definition) is 0. The Balaban J connectivity index is 1.12. The molecule has 0 amide bonds. The van der Waals surface area contributed by atoms with Crippen molar-refractivity contribution in [2.24, 2.45) is 0 Å². The number of alkyl halides is 1. The summed E-state index contributed by atoms with van der Waals surface area (Å²) in [4.78, 5) is 17.7. The van der Waals surface area contributed by atoms with Crippen LogP contribution >= 0.6 is 22.6 Å². The molecule has 0 N–H and O–H groups in total. The van der Waals surface area contributed by atoms with E-state index in [-0.39, 0.29) is 0 Å². The maximum absolute atomic E-state index is 6.05. The van der Waals surface area contributed by atoms with Gasteiger partial charge in [-0.15, -0.1) is 0 Å². The minimum Gasteiger partial charge on any atom is -0.376 e. The van der Waals surface area contributed by atoms with Gasteiger partial charge in [-0.2, -0.15) is 0 Å². The first-order valence-electron chi connectivity index (χ1n) is 13.4. The lowest BCUT2D eigenvalue weighted by atomic mass is 9.87. The molecule has 1 aliphatic carbocycles. The quantitative estimate of drug-likeness (QED) is 0.279. The Morgan fingerprint density at radius 2 is 1.42 bits per heavy atom. The number of hydrogen-bond acceptors (Lipinski definition) is 6. The van der Waals surface area contributed by atoms with Crippen molar-refractivity contribution in [3.05, 3.63) is 18.0 Å². The number of anilines is 1. The fraction of sp³-hybridized carbons (Fsp3) is 0.846. The fourth-order valence-corrected chi connectivity index (χ4v) is 7.21. The third kappa shape index (κ3) is 5.51. The van der Waals surface area contributed by atoms with Crippen LogP contribution in [0.5, 0.6) is 0 Å². The summed E-state index contributed by atoms with van der Waals surface area (Å²) in [5.74, 6) is 1.58. The number of rotatable bonds is 6. The SMILES string of the molecule is CC(C)OC1CCC(N2CCC(c3cnc(N4C5CCC4CN(C(C)I)C5)nc3)CC2)CC1. The normalized spacial score (nSPS) is 33.1. The van der Waals surface area contributed by atoms with Gasteiger partial charge >= 0.3 is 0 Å². The topological polar surface area (TPSA) is 44.7 Å². The first-order chi connectivity index (χ1) is 16.0. The molecule has 1 saturated carbocycles. The maximum Gasteiger partial charge on any atom is 0.225 e. The molecule has 4 aliphatic rings. The van der Waals surface area contributed by atoms with E-state index in [1.165, 1.54) is 70.0 Å². The van der Waals surface area contributed by atoms with Gasteiger partial charge < -0.3 is 14.5 Å². The molecule has 6 nitrogen and oxygen atoms in total. The molecule has 4 fully saturated rings. The zero-order valence-electron chi connectivity index (χ0n) is 20.7. The van der Waals surface area contributed by atoms with Crippen molar-refractivity contribution in [1.82, 2.24) is 19.8 Å². The van der Waals surface area contributed by atoms with Crippen LogP contribution in [-0.2, 0) is 4.74 Å². The highest BCUT2D eigenvalue weighted by molar-refractivity contribution is 14.1. The Hall–Kier alpha value is -0.510. The zero-order valence-corrected chi connectivity index (χ0v) is 22.9. The van der Waals surface area contributed by atoms with Crippen molar-refractivity contribution in [2.75, 3.05) is 31.1 Å². The standard InChI is InChI=1S/C26H42IN5O/c1-18(2)33-25-8-6-22(7-9-25)30-12-10-20(11-13-30)21-14-28-26(29-15-21)32-23-4-5-24(32)17-31(16-23)19(3)27/h14-15,18-20,22-25H,4-13,16-17H2,1-3H3. The average Bonchev–Trinajstić information content (AvgIpc) is 3.08. The van der Waals surface area contributed by atoms with Crippen LogP contribution in [0.3, 0.4) is 0 Å². The van der Waals surface area contributed by atoms with E-state index in [0.717, 1.165) is 25.1 Å². The molecule has 1 aromatic rings. The Bertz CT molecular complexity index is 744. The monoisotopic (exact) mass is 567 g/mol. The van der Waals surface area contributed by atoms with Crippen LogP contribution < -0.4 is 4.90 Å². The number of halogens is 1. The lowest BCUT2D eigenvalue weighted by Crippen LogP contribution is -2.55. The van der Waals surface area contributed by atoms with Crippen molar-refractivity contribution in [3.63, 3.8) is 0 Å². The molecular formula is C26H42IN5O. The highest BCUT2D eigenvalue weighted by atomic mass is 127. The number of piperidine rings is 1. The second-order valence-electron chi connectivity index (χ2n) is 11.1. The van der Waals surface area contributed by atoms with Crippen LogP contribution in [0.4, 0.5) is 5.95 Å². The molecule has 4 heterocycles. The van der Waals surface area contributed by atoms with Crippen LogP contribution in [-0.4, -0.2) is 80.3 Å². The number of nitrogens with zero attached hydrogens (tertiary/aromatic N) is 5. The lowest BCUT2D eigenvalue weighted by Gasteiger charge is -2.42. The molecular weight excluding hydrogens is 525 g/mol. The van der Waals surface area contributed by atoms with E-state index in [4.69, 9.17) is 14.7 Å². The molecule has 184 valence electrons. The van der Waals surface area contributed by atoms with Crippen molar-refractivity contribution < 1.29 is 4.74 Å². The molecule has 0 aromatic carbocycles. The van der Waals surface area contributed by atoms with Gasteiger partial charge in [0.25, 0.3) is 0 Å². The molecule has 0 spiro atoms. The van der Waals surface area contributed by atoms with Crippen molar-refractivity contribution in [1.29, 1.82) is 0 Å². The number of piperazine rings is 1. The van der Waals surface area contributed by atoms with Crippen LogP contribution in [0, 0.1) is 0 Å². The van der Waals surface area contributed by atoms with Gasteiger partial charge in [0.05, 0.1) is 16.3 Å². The van der Waals surface area contributed by atoms with Crippen molar-refractivity contribution >= 4 is 28.5 Å². The maximum atomic E-state index is 6.05. The van der Waals surface area contributed by atoms with Crippen LogP contribution in [0.1, 0.15) is 83.6 Å². The summed E-state index contributed by atoms with van der Waals surface area (Å²) in [5.41, 5.74) is 1.35. The van der Waals surface area contributed by atoms with Gasteiger partial charge in [0.2, 0.25) is 5.95 Å². The summed E-state index contributed by atoms with van der Waals surface area (Å²) in [6.45, 7) is 11.3. The van der Waals surface area contributed by atoms with Gasteiger partial charge in [0.15, 0.2) is 0 Å². The first kappa shape index (κ1) is 24.2. The van der Waals surface area contributed by atoms with E-state index >= 15 is 0 Å². The first-order valence-corrected chi connectivity index (χ1v) is 14.6. The minimum absolute atomic E-state index is 0.357. The number of fused-ring (bicyclic) bond motifs is 2. The van der Waals surface area contributed by atoms with E-state index in [1.54, 1.807) is 0 Å². The highest BCUT2D eigenvalue weighted by Gasteiger charge is 2.42. The Labute approximate surface area is 214 Å². The van der Waals surface area contributed by atoms with E-state index in [1.807, 2.05) is 0 Å². The van der Waals surface area contributed by atoms with Gasteiger partial charge in [-0.05, 0) is 96.7 Å². The third-order valence-electron chi connectivity index (χ3n) is 8.53. The third-order valence-corrected chi connectivity index (χ3v) is 9.32. The van der Waals surface area contributed by atoms with E-state index in [0.29, 0.717) is 34.3 Å². The molecule has 33 heavy (non-hydrogen) atoms. The molecule has 7 heteroatoms. The fourth-order valence-electron chi connectivity index (χ4n) is 6.76. The second kappa shape index (κ2) is 10.6. The van der Waals surface area contributed by atoms with Gasteiger partial charge in [0, 0.05) is 43.6 Å². The van der Waals surface area contributed by atoms with Gasteiger partial charge in [-0.25, -0.2) is 9.97 Å². The van der Waals surface area contributed by atoms with Crippen LogP contribution in [0.25, 0.3) is 0 Å². The molecule has 3 aliphatic heterocycles. The van der Waals surface area contributed by atoms with Gasteiger partial charge in [0.1, 0.15) is 0 Å². The Morgan fingerprint density at radius 1 is 0.848 bits per heavy atom. The molecule has 3 atom stereocenters. The van der Waals surface area contributed by atoms with Gasteiger partial charge in [-0.1, -0.05) is 22.6 Å². The molecule has 1 aromatic heterocycles. The Kier molecular flexibility index (Phi) is 7.79. The summed E-state index contributed by atoms with van der Waals surface area (Å²) in [6.07, 6.45) is 15.2. The van der Waals surface area contributed by atoms with Crippen molar-refractivity contribution in [2.45, 2.75) is 112 Å². The highest BCUT2D eigenvalue weighted by Crippen LogP contribution is 2.36. The van der Waals surface area contributed by atoms with E-state index in [9.17, 15) is 0 Å². The van der Waals surface area contributed by atoms with E-state index < -0.39 is 0 Å². The predicted molar refractivity (Wildman–Crippen MR) is 142 cm³/mol. The van der Waals surface area contributed by atoms with Gasteiger partial charge in [-0.3, -0.25) is 4.90 Å². The lowest BCUT2D eigenvalue weighted by molar-refractivity contribution is -0.0282. The summed E-state index contributed by atoms with van der Waals surface area (Å²) < 4.78 is 6.65. The van der Waals surface area contributed by atoms with Crippen LogP contribution in [0.15, 0.2) is 12.4 Å². The Morgan fingerprint density at radius 3 is 1.97 bits per heavy atom. The molecule has 3 unspecified atom stereocenters. The molecule has 0 radical (unpaired) electrons. The zero-order chi connectivity index (χ0) is 22.9. The predicted octanol–water partition coefficient (Wildman–Crippen LogP) is 4.83. The summed E-state index contributed by atoms with van der Waals surface area (Å²) in [6, 6.07) is 1.92. The smallest absolute Gasteiger partial charge is 0.225 e. The number of aromatic nitrogens is 2. The molecule has 3 saturated heterocycles. The number of likely N-dealkylation sites (tertiary alicyclic amines) is 2. The molecule has 2 bridgehead atoms. The summed E-state index contributed by atoms with van der Waals surface area (Å²) in [7, 11) is 0. The van der Waals surface area contributed by atoms with E-state index in [2.05, 4.69) is 70.5 Å². The number of ether oxygens (including phenoxy) is 1. The summed E-state index contributed by atoms with van der Waals surface area (Å²) >= 11 is 2.55. The van der Waals surface area contributed by atoms with Crippen molar-refractivity contribution in [3.8, 4) is 0 Å². The average molecular weight is 568 g/mol. The molecule has 5 rings (SSSR count).